The normalized spacial score (nSPS) is 11.1. The van der Waals surface area contributed by atoms with E-state index in [0.717, 1.165) is 5.56 Å². The largest absolute Gasteiger partial charge is 0.437 e. The van der Waals surface area contributed by atoms with Gasteiger partial charge in [0.2, 0.25) is 5.89 Å². The van der Waals surface area contributed by atoms with Crippen LogP contribution >= 0.6 is 0 Å². The number of benzene rings is 2. The number of hydrogen-bond acceptors (Lipinski definition) is 6. The highest BCUT2D eigenvalue weighted by Crippen LogP contribution is 2.22. The molecule has 0 saturated heterocycles. The maximum Gasteiger partial charge on any atom is 0.271 e. The van der Waals surface area contributed by atoms with Crippen LogP contribution in [0, 0.1) is 20.2 Å². The van der Waals surface area contributed by atoms with E-state index in [1.807, 2.05) is 0 Å². The lowest BCUT2D eigenvalue weighted by Gasteiger charge is -1.92. The molecule has 0 spiro atoms. The summed E-state index contributed by atoms with van der Waals surface area (Å²) in [7, 11) is 0. The predicted molar refractivity (Wildman–Crippen MR) is 82.7 cm³/mol. The minimum atomic E-state index is -0.499. The number of rotatable bonds is 4. The van der Waals surface area contributed by atoms with Gasteiger partial charge < -0.3 is 4.42 Å². The number of hydrogen-bond donors (Lipinski definition) is 0. The first-order chi connectivity index (χ1) is 11.0. The maximum absolute atomic E-state index is 10.7. The summed E-state index contributed by atoms with van der Waals surface area (Å²) in [6.07, 6.45) is 3.27. The van der Waals surface area contributed by atoms with Crippen LogP contribution in [-0.2, 0) is 0 Å². The third-order valence-electron chi connectivity index (χ3n) is 3.12. The number of fused-ring (bicyclic) bond motifs is 1. The van der Waals surface area contributed by atoms with E-state index in [0.29, 0.717) is 17.0 Å². The Kier molecular flexibility index (Phi) is 3.55. The molecular formula is C15H9N3O5. The van der Waals surface area contributed by atoms with Crippen molar-refractivity contribution in [2.45, 2.75) is 0 Å². The van der Waals surface area contributed by atoms with Crippen LogP contribution in [0.1, 0.15) is 11.5 Å². The molecule has 3 aromatic rings. The zero-order valence-corrected chi connectivity index (χ0v) is 11.6. The van der Waals surface area contributed by atoms with Gasteiger partial charge in [0.15, 0.2) is 5.58 Å². The van der Waals surface area contributed by atoms with E-state index in [9.17, 15) is 20.2 Å². The van der Waals surface area contributed by atoms with E-state index < -0.39 is 9.85 Å². The number of oxazole rings is 1. The Morgan fingerprint density at radius 2 is 1.57 bits per heavy atom. The fourth-order valence-electron chi connectivity index (χ4n) is 1.99. The Morgan fingerprint density at radius 3 is 2.22 bits per heavy atom. The summed E-state index contributed by atoms with van der Waals surface area (Å²) in [6.45, 7) is 0. The molecule has 2 aromatic carbocycles. The van der Waals surface area contributed by atoms with E-state index in [1.54, 1.807) is 24.3 Å². The van der Waals surface area contributed by atoms with Crippen molar-refractivity contribution < 1.29 is 14.3 Å². The Bertz CT molecular complexity index is 928. The van der Waals surface area contributed by atoms with Gasteiger partial charge >= 0.3 is 0 Å². The molecule has 1 heterocycles. The van der Waals surface area contributed by atoms with Gasteiger partial charge in [-0.15, -0.1) is 0 Å². The Balaban J connectivity index is 1.85. The first kappa shape index (κ1) is 14.4. The smallest absolute Gasteiger partial charge is 0.271 e. The second kappa shape index (κ2) is 5.68. The van der Waals surface area contributed by atoms with E-state index in [-0.39, 0.29) is 11.4 Å². The second-order valence-electron chi connectivity index (χ2n) is 4.64. The summed E-state index contributed by atoms with van der Waals surface area (Å²) in [5.41, 5.74) is 1.53. The molecule has 0 atom stereocenters. The number of nitrogens with zero attached hydrogens (tertiary/aromatic N) is 3. The van der Waals surface area contributed by atoms with Crippen LogP contribution in [-0.4, -0.2) is 14.8 Å². The van der Waals surface area contributed by atoms with Crippen molar-refractivity contribution in [3.05, 3.63) is 74.1 Å². The zero-order valence-electron chi connectivity index (χ0n) is 11.6. The topological polar surface area (TPSA) is 112 Å². The molecule has 0 fully saturated rings. The van der Waals surface area contributed by atoms with Gasteiger partial charge in [-0.1, -0.05) is 0 Å². The average molecular weight is 311 g/mol. The summed E-state index contributed by atoms with van der Waals surface area (Å²) in [5, 5.41) is 21.3. The van der Waals surface area contributed by atoms with Gasteiger partial charge in [0, 0.05) is 30.3 Å². The molecule has 0 radical (unpaired) electrons. The van der Waals surface area contributed by atoms with E-state index in [1.165, 1.54) is 30.3 Å². The minimum Gasteiger partial charge on any atom is -0.437 e. The number of non-ortho nitro benzene ring substituents is 2. The minimum absolute atomic E-state index is 0.0105. The molecule has 8 nitrogen and oxygen atoms in total. The van der Waals surface area contributed by atoms with Crippen molar-refractivity contribution >= 4 is 34.6 Å². The number of nitro groups is 2. The summed E-state index contributed by atoms with van der Waals surface area (Å²) < 4.78 is 5.46. The van der Waals surface area contributed by atoms with Gasteiger partial charge in [0.05, 0.1) is 9.85 Å². The van der Waals surface area contributed by atoms with Gasteiger partial charge in [-0.3, -0.25) is 20.2 Å². The molecule has 0 saturated carbocycles. The molecule has 0 amide bonds. The van der Waals surface area contributed by atoms with Crippen molar-refractivity contribution in [1.29, 1.82) is 0 Å². The molecule has 0 unspecified atom stereocenters. The van der Waals surface area contributed by atoms with Crippen molar-refractivity contribution in [2.75, 3.05) is 0 Å². The highest BCUT2D eigenvalue weighted by Gasteiger charge is 2.10. The zero-order chi connectivity index (χ0) is 16.4. The molecular weight excluding hydrogens is 302 g/mol. The highest BCUT2D eigenvalue weighted by atomic mass is 16.6. The first-order valence-corrected chi connectivity index (χ1v) is 6.50. The molecule has 1 aromatic heterocycles. The van der Waals surface area contributed by atoms with E-state index >= 15 is 0 Å². The monoisotopic (exact) mass is 311 g/mol. The molecule has 3 rings (SSSR count). The Morgan fingerprint density at radius 1 is 0.913 bits per heavy atom. The fourth-order valence-corrected chi connectivity index (χ4v) is 1.99. The summed E-state index contributed by atoms with van der Waals surface area (Å²) >= 11 is 0. The Hall–Kier alpha value is -3.55. The second-order valence-corrected chi connectivity index (χ2v) is 4.64. The van der Waals surface area contributed by atoms with Crippen LogP contribution in [0.15, 0.2) is 46.9 Å². The lowest BCUT2D eigenvalue weighted by atomic mass is 10.2. The van der Waals surface area contributed by atoms with Crippen LogP contribution in [0.3, 0.4) is 0 Å². The number of nitro benzene ring substituents is 2. The molecule has 8 heteroatoms. The predicted octanol–water partition coefficient (Wildman–Crippen LogP) is 3.81. The van der Waals surface area contributed by atoms with Crippen LogP contribution < -0.4 is 0 Å². The van der Waals surface area contributed by atoms with Crippen molar-refractivity contribution in [1.82, 2.24) is 4.98 Å². The molecule has 0 aliphatic carbocycles. The highest BCUT2D eigenvalue weighted by molar-refractivity contribution is 5.78. The lowest BCUT2D eigenvalue weighted by molar-refractivity contribution is -0.385. The van der Waals surface area contributed by atoms with Gasteiger partial charge in [0.1, 0.15) is 5.52 Å². The third kappa shape index (κ3) is 3.05. The lowest BCUT2D eigenvalue weighted by Crippen LogP contribution is -1.86. The third-order valence-corrected chi connectivity index (χ3v) is 3.12. The first-order valence-electron chi connectivity index (χ1n) is 6.50. The Labute approximate surface area is 129 Å². The number of aromatic nitrogens is 1. The summed E-state index contributed by atoms with van der Waals surface area (Å²) in [5.74, 6) is 0.291. The maximum atomic E-state index is 10.7. The van der Waals surface area contributed by atoms with E-state index in [2.05, 4.69) is 4.98 Å². The standard InChI is InChI=1S/C15H9N3O5/c19-17(20)11-4-1-10(2-5-11)3-8-15-16-13-9-12(18(21)22)6-7-14(13)23-15/h1-9H/b8-3+. The van der Waals surface area contributed by atoms with Gasteiger partial charge in [0.25, 0.3) is 11.4 Å². The van der Waals surface area contributed by atoms with Gasteiger partial charge in [-0.2, -0.15) is 0 Å². The summed E-state index contributed by atoms with van der Waals surface area (Å²) in [4.78, 5) is 24.5. The van der Waals surface area contributed by atoms with Gasteiger partial charge in [-0.25, -0.2) is 4.98 Å². The molecule has 114 valence electrons. The quantitative estimate of drug-likeness (QED) is 0.534. The van der Waals surface area contributed by atoms with Crippen LogP contribution in [0.4, 0.5) is 11.4 Å². The molecule has 0 bridgehead atoms. The molecule has 0 aliphatic rings. The van der Waals surface area contributed by atoms with Crippen LogP contribution in [0.25, 0.3) is 23.3 Å². The van der Waals surface area contributed by atoms with Gasteiger partial charge in [-0.05, 0) is 29.8 Å². The average Bonchev–Trinajstić information content (AvgIpc) is 2.95. The van der Waals surface area contributed by atoms with Crippen LogP contribution in [0.2, 0.25) is 0 Å². The van der Waals surface area contributed by atoms with Crippen molar-refractivity contribution in [3.63, 3.8) is 0 Å². The fraction of sp³-hybridized carbons (Fsp3) is 0. The van der Waals surface area contributed by atoms with Crippen molar-refractivity contribution in [2.24, 2.45) is 0 Å². The SMILES string of the molecule is O=[N+]([O-])c1ccc(/C=C/c2nc3cc([N+](=O)[O-])ccc3o2)cc1. The van der Waals surface area contributed by atoms with Crippen LogP contribution in [0.5, 0.6) is 0 Å². The summed E-state index contributed by atoms with van der Waals surface area (Å²) in [6, 6.07) is 10.2. The molecule has 0 aliphatic heterocycles. The van der Waals surface area contributed by atoms with Crippen molar-refractivity contribution in [3.8, 4) is 0 Å². The molecule has 0 N–H and O–H groups in total. The van der Waals surface area contributed by atoms with E-state index in [4.69, 9.17) is 4.42 Å². The molecule has 23 heavy (non-hydrogen) atoms.